The Kier molecular flexibility index (Phi) is 6.32. The van der Waals surface area contributed by atoms with Crippen LogP contribution in [0.4, 0.5) is 14.5 Å². The Labute approximate surface area is 202 Å². The van der Waals surface area contributed by atoms with Crippen molar-refractivity contribution in [2.45, 2.75) is 45.6 Å². The topological polar surface area (TPSA) is 80.2 Å². The summed E-state index contributed by atoms with van der Waals surface area (Å²) in [5, 5.41) is 8.19. The van der Waals surface area contributed by atoms with Gasteiger partial charge in [0.05, 0.1) is 17.4 Å². The highest BCUT2D eigenvalue weighted by molar-refractivity contribution is 6.49. The van der Waals surface area contributed by atoms with Gasteiger partial charge < -0.3 is 0 Å². The third-order valence-electron chi connectivity index (χ3n) is 6.22. The van der Waals surface area contributed by atoms with Crippen molar-refractivity contribution in [3.8, 4) is 0 Å². The minimum absolute atomic E-state index is 0.217. The van der Waals surface area contributed by atoms with Gasteiger partial charge in [-0.05, 0) is 42.7 Å². The fraction of sp³-hybridized carbons (Fsp3) is 0.296. The first-order valence-electron chi connectivity index (χ1n) is 11.3. The Bertz CT molecular complexity index is 1270. The summed E-state index contributed by atoms with van der Waals surface area (Å²) in [6, 6.07) is 14.2. The van der Waals surface area contributed by atoms with Gasteiger partial charge >= 0.3 is 0 Å². The summed E-state index contributed by atoms with van der Waals surface area (Å²) in [5.41, 5.74) is 2.20. The Hall–Kier alpha value is -3.81. The molecule has 1 aliphatic rings. The second-order valence-electron chi connectivity index (χ2n) is 9.14. The van der Waals surface area contributed by atoms with E-state index in [2.05, 4.69) is 10.2 Å². The summed E-state index contributed by atoms with van der Waals surface area (Å²) in [6.07, 6.45) is 0. The summed E-state index contributed by atoms with van der Waals surface area (Å²) in [7, 11) is 0. The lowest BCUT2D eigenvalue weighted by Gasteiger charge is -2.26. The molecule has 0 N–H and O–H groups in total. The van der Waals surface area contributed by atoms with E-state index in [0.717, 1.165) is 17.4 Å². The maximum absolute atomic E-state index is 13.7. The monoisotopic (exact) mass is 477 g/mol. The van der Waals surface area contributed by atoms with Crippen LogP contribution in [0.3, 0.4) is 0 Å². The number of nitrogens with zero attached hydrogens (tertiary/aromatic N) is 3. The van der Waals surface area contributed by atoms with Gasteiger partial charge in [-0.25, -0.2) is 8.78 Å². The number of aryl methyl sites for hydroxylation is 1. The van der Waals surface area contributed by atoms with Crippen LogP contribution in [0.15, 0.2) is 60.7 Å². The normalized spacial score (nSPS) is 18.4. The first kappa shape index (κ1) is 24.3. The Balaban J connectivity index is 1.79. The van der Waals surface area contributed by atoms with E-state index in [-0.39, 0.29) is 22.9 Å². The number of halogens is 2. The van der Waals surface area contributed by atoms with E-state index in [4.69, 9.17) is 0 Å². The minimum Gasteiger partial charge on any atom is -0.295 e. The highest BCUT2D eigenvalue weighted by atomic mass is 19.3. The first-order valence-corrected chi connectivity index (χ1v) is 11.3. The zero-order valence-electron chi connectivity index (χ0n) is 19.8. The van der Waals surface area contributed by atoms with Crippen LogP contribution in [0.2, 0.25) is 0 Å². The Morgan fingerprint density at radius 1 is 0.943 bits per heavy atom. The smallest absolute Gasteiger partial charge is 0.295 e. The average molecular weight is 478 g/mol. The maximum atomic E-state index is 13.7. The number of rotatable bonds is 6. The number of aromatic nitrogens is 2. The van der Waals surface area contributed by atoms with E-state index in [9.17, 15) is 23.2 Å². The third kappa shape index (κ3) is 4.60. The van der Waals surface area contributed by atoms with Crippen molar-refractivity contribution in [3.63, 3.8) is 0 Å². The maximum Gasteiger partial charge on any atom is 0.295 e. The second-order valence-corrected chi connectivity index (χ2v) is 9.14. The summed E-state index contributed by atoms with van der Waals surface area (Å²) in [4.78, 5) is 41.0. The van der Waals surface area contributed by atoms with Crippen molar-refractivity contribution in [2.75, 3.05) is 4.90 Å². The van der Waals surface area contributed by atoms with Gasteiger partial charge in [-0.2, -0.15) is 10.2 Å². The molecule has 1 unspecified atom stereocenters. The lowest BCUT2D eigenvalue weighted by Crippen LogP contribution is -2.31. The predicted octanol–water partition coefficient (Wildman–Crippen LogP) is 5.18. The second kappa shape index (κ2) is 9.09. The molecule has 1 amide bonds. The number of amides is 1. The molecular formula is C27H25F2N3O3. The van der Waals surface area contributed by atoms with E-state index in [1.807, 2.05) is 26.0 Å². The van der Waals surface area contributed by atoms with E-state index in [1.54, 1.807) is 31.2 Å². The van der Waals surface area contributed by atoms with Crippen molar-refractivity contribution in [1.29, 1.82) is 0 Å². The number of anilines is 1. The molecule has 4 rings (SSSR count). The quantitative estimate of drug-likeness (QED) is 0.278. The number of hydrogen-bond donors (Lipinski definition) is 0. The molecule has 1 aromatic heterocycles. The number of carbonyl (C=O) groups excluding carboxylic acids is 3. The number of benzene rings is 2. The molecule has 8 heteroatoms. The minimum atomic E-state index is -3.06. The summed E-state index contributed by atoms with van der Waals surface area (Å²) >= 11 is 0. The number of carbonyl (C=O) groups is 3. The molecule has 2 atom stereocenters. The number of Topliss-reactive ketones (excluding diaryl/α,β-unsaturated/α-hetero) is 2. The van der Waals surface area contributed by atoms with Crippen LogP contribution in [0.25, 0.3) is 0 Å². The standard InChI is InChI=1S/C27H25F2N3O3/c1-15(2)17-6-8-18(9-7-17)24(33)22-23(21-14-5-16(3)30-31-21)32(26(35)25(22)34)20-12-10-19(11-13-20)27(4,28)29/h5-15,22-23H,1-4H3/t22?,23-/m0/s1. The molecule has 2 aromatic carbocycles. The molecule has 1 fully saturated rings. The molecule has 1 aliphatic heterocycles. The van der Waals surface area contributed by atoms with Crippen LogP contribution in [-0.2, 0) is 15.5 Å². The van der Waals surface area contributed by atoms with Gasteiger partial charge in [0.2, 0.25) is 5.78 Å². The van der Waals surface area contributed by atoms with E-state index in [1.165, 1.54) is 24.3 Å². The fourth-order valence-electron chi connectivity index (χ4n) is 4.21. The summed E-state index contributed by atoms with van der Waals surface area (Å²) < 4.78 is 27.4. The molecule has 2 heterocycles. The molecule has 6 nitrogen and oxygen atoms in total. The lowest BCUT2D eigenvalue weighted by atomic mass is 9.87. The van der Waals surface area contributed by atoms with Crippen molar-refractivity contribution < 1.29 is 23.2 Å². The molecule has 3 aromatic rings. The van der Waals surface area contributed by atoms with Crippen LogP contribution in [-0.4, -0.2) is 27.7 Å². The Morgan fingerprint density at radius 2 is 1.57 bits per heavy atom. The van der Waals surface area contributed by atoms with Gasteiger partial charge in [0.25, 0.3) is 11.8 Å². The van der Waals surface area contributed by atoms with Crippen molar-refractivity contribution in [1.82, 2.24) is 10.2 Å². The number of alkyl halides is 2. The number of hydrogen-bond acceptors (Lipinski definition) is 5. The van der Waals surface area contributed by atoms with Gasteiger partial charge in [-0.3, -0.25) is 19.3 Å². The van der Waals surface area contributed by atoms with Gasteiger partial charge in [-0.15, -0.1) is 0 Å². The van der Waals surface area contributed by atoms with E-state index >= 15 is 0 Å². The van der Waals surface area contributed by atoms with Crippen LogP contribution in [0.5, 0.6) is 0 Å². The van der Waals surface area contributed by atoms with Crippen LogP contribution >= 0.6 is 0 Å². The number of ketones is 2. The van der Waals surface area contributed by atoms with Gasteiger partial charge in [0, 0.05) is 23.7 Å². The molecular weight excluding hydrogens is 452 g/mol. The van der Waals surface area contributed by atoms with E-state index in [0.29, 0.717) is 11.3 Å². The highest BCUT2D eigenvalue weighted by Gasteiger charge is 2.53. The molecule has 35 heavy (non-hydrogen) atoms. The zero-order chi connectivity index (χ0) is 25.5. The van der Waals surface area contributed by atoms with Crippen molar-refractivity contribution >= 4 is 23.2 Å². The molecule has 0 spiro atoms. The zero-order valence-corrected chi connectivity index (χ0v) is 19.8. The van der Waals surface area contributed by atoms with Crippen LogP contribution in [0, 0.1) is 12.8 Å². The van der Waals surface area contributed by atoms with Crippen molar-refractivity contribution in [3.05, 3.63) is 88.7 Å². The van der Waals surface area contributed by atoms with Crippen LogP contribution in [0.1, 0.15) is 65.6 Å². The summed E-state index contributed by atoms with van der Waals surface area (Å²) in [6.45, 7) is 6.57. The molecule has 180 valence electrons. The highest BCUT2D eigenvalue weighted by Crippen LogP contribution is 2.41. The van der Waals surface area contributed by atoms with Gasteiger partial charge in [0.1, 0.15) is 5.92 Å². The fourth-order valence-corrected chi connectivity index (χ4v) is 4.21. The molecule has 0 bridgehead atoms. The van der Waals surface area contributed by atoms with Gasteiger partial charge in [-0.1, -0.05) is 50.2 Å². The van der Waals surface area contributed by atoms with E-state index < -0.39 is 35.4 Å². The van der Waals surface area contributed by atoms with Crippen molar-refractivity contribution in [2.24, 2.45) is 5.92 Å². The molecule has 0 aliphatic carbocycles. The van der Waals surface area contributed by atoms with Gasteiger partial charge in [0.15, 0.2) is 5.78 Å². The third-order valence-corrected chi connectivity index (χ3v) is 6.22. The van der Waals surface area contributed by atoms with Crippen LogP contribution < -0.4 is 4.90 Å². The summed E-state index contributed by atoms with van der Waals surface area (Å²) in [5.74, 6) is -6.43. The lowest BCUT2D eigenvalue weighted by molar-refractivity contribution is -0.135. The first-order chi connectivity index (χ1) is 16.5. The SMILES string of the molecule is Cc1ccc([C@H]2C(C(=O)c3ccc(C(C)C)cc3)C(=O)C(=O)N2c2ccc(C(C)(F)F)cc2)nn1. The molecule has 1 saturated heterocycles. The Morgan fingerprint density at radius 3 is 2.09 bits per heavy atom. The largest absolute Gasteiger partial charge is 0.295 e. The predicted molar refractivity (Wildman–Crippen MR) is 126 cm³/mol. The molecule has 0 saturated carbocycles. The molecule has 0 radical (unpaired) electrons. The average Bonchev–Trinajstić information content (AvgIpc) is 3.09.